The predicted molar refractivity (Wildman–Crippen MR) is 74.3 cm³/mol. The number of fused-ring (bicyclic) bond motifs is 1. The number of hydrogen-bond donors (Lipinski definition) is 0. The molecule has 0 bridgehead atoms. The summed E-state index contributed by atoms with van der Waals surface area (Å²) in [5, 5.41) is 1.37. The molecule has 0 amide bonds. The van der Waals surface area contributed by atoms with Crippen molar-refractivity contribution in [3.63, 3.8) is 0 Å². The van der Waals surface area contributed by atoms with Gasteiger partial charge in [0.25, 0.3) is 0 Å². The van der Waals surface area contributed by atoms with Gasteiger partial charge >= 0.3 is 0 Å². The molecule has 0 aliphatic heterocycles. The quantitative estimate of drug-likeness (QED) is 0.761. The molecule has 0 spiro atoms. The van der Waals surface area contributed by atoms with Crippen LogP contribution >= 0.6 is 11.8 Å². The van der Waals surface area contributed by atoms with E-state index >= 15 is 0 Å². The van der Waals surface area contributed by atoms with Crippen LogP contribution in [-0.4, -0.2) is 10.8 Å². The molecule has 0 aliphatic rings. The number of para-hydroxylation sites is 1. The van der Waals surface area contributed by atoms with Crippen LogP contribution in [-0.2, 0) is 5.75 Å². The zero-order chi connectivity index (χ0) is 11.7. The number of rotatable bonds is 3. The van der Waals surface area contributed by atoms with Crippen molar-refractivity contribution >= 4 is 22.7 Å². The molecule has 86 valence electrons. The SMILES string of the molecule is CSCc1cc2cccc(C)c2n1C(C)C. The highest BCUT2D eigenvalue weighted by Crippen LogP contribution is 2.28. The predicted octanol–water partition coefficient (Wildman–Crippen LogP) is 4.39. The maximum Gasteiger partial charge on any atom is 0.0514 e. The second kappa shape index (κ2) is 4.54. The van der Waals surface area contributed by atoms with Gasteiger partial charge in [0.15, 0.2) is 0 Å². The fourth-order valence-corrected chi connectivity index (χ4v) is 2.89. The van der Waals surface area contributed by atoms with Crippen LogP contribution in [0.25, 0.3) is 10.9 Å². The minimum atomic E-state index is 0.528. The van der Waals surface area contributed by atoms with Gasteiger partial charge in [0.1, 0.15) is 0 Å². The second-order valence-corrected chi connectivity index (χ2v) is 5.41. The monoisotopic (exact) mass is 233 g/mol. The van der Waals surface area contributed by atoms with E-state index in [1.54, 1.807) is 0 Å². The average molecular weight is 233 g/mol. The normalized spacial score (nSPS) is 11.6. The molecule has 0 fully saturated rings. The third kappa shape index (κ3) is 1.86. The Kier molecular flexibility index (Phi) is 3.29. The van der Waals surface area contributed by atoms with E-state index in [1.165, 1.54) is 22.2 Å². The van der Waals surface area contributed by atoms with Crippen LogP contribution < -0.4 is 0 Å². The first kappa shape index (κ1) is 11.6. The lowest BCUT2D eigenvalue weighted by Crippen LogP contribution is -2.05. The molecule has 2 rings (SSSR count). The van der Waals surface area contributed by atoms with Crippen LogP contribution in [0.3, 0.4) is 0 Å². The summed E-state index contributed by atoms with van der Waals surface area (Å²) in [6.45, 7) is 6.72. The fourth-order valence-electron chi connectivity index (χ4n) is 2.37. The van der Waals surface area contributed by atoms with Crippen LogP contribution in [0.4, 0.5) is 0 Å². The number of thioether (sulfide) groups is 1. The number of benzene rings is 1. The van der Waals surface area contributed by atoms with Crippen LogP contribution in [0.15, 0.2) is 24.3 Å². The highest BCUT2D eigenvalue weighted by molar-refractivity contribution is 7.97. The van der Waals surface area contributed by atoms with Crippen LogP contribution in [0, 0.1) is 6.92 Å². The van der Waals surface area contributed by atoms with Crippen molar-refractivity contribution in [1.29, 1.82) is 0 Å². The molecule has 1 nitrogen and oxygen atoms in total. The molecule has 16 heavy (non-hydrogen) atoms. The zero-order valence-electron chi connectivity index (χ0n) is 10.4. The second-order valence-electron chi connectivity index (χ2n) is 4.55. The summed E-state index contributed by atoms with van der Waals surface area (Å²) >= 11 is 1.89. The van der Waals surface area contributed by atoms with Gasteiger partial charge in [0.2, 0.25) is 0 Å². The summed E-state index contributed by atoms with van der Waals surface area (Å²) in [6, 6.07) is 9.42. The molecular formula is C14H19NS. The number of hydrogen-bond acceptors (Lipinski definition) is 1. The van der Waals surface area contributed by atoms with E-state index < -0.39 is 0 Å². The van der Waals surface area contributed by atoms with Gasteiger partial charge in [-0.3, -0.25) is 0 Å². The first-order chi connectivity index (χ1) is 7.65. The van der Waals surface area contributed by atoms with Crippen molar-refractivity contribution in [2.24, 2.45) is 0 Å². The van der Waals surface area contributed by atoms with E-state index in [0.717, 1.165) is 5.75 Å². The van der Waals surface area contributed by atoms with E-state index in [2.05, 4.69) is 55.9 Å². The minimum Gasteiger partial charge on any atom is -0.341 e. The van der Waals surface area contributed by atoms with E-state index in [1.807, 2.05) is 11.8 Å². The van der Waals surface area contributed by atoms with E-state index in [4.69, 9.17) is 0 Å². The molecule has 2 aromatic rings. The Balaban J connectivity index is 2.72. The summed E-state index contributed by atoms with van der Waals surface area (Å²) in [4.78, 5) is 0. The molecule has 1 heterocycles. The number of nitrogens with zero attached hydrogens (tertiary/aromatic N) is 1. The summed E-state index contributed by atoms with van der Waals surface area (Å²) in [5.41, 5.74) is 4.21. The topological polar surface area (TPSA) is 4.93 Å². The van der Waals surface area contributed by atoms with Gasteiger partial charge in [-0.15, -0.1) is 0 Å². The maximum atomic E-state index is 2.47. The van der Waals surface area contributed by atoms with Crippen molar-refractivity contribution in [1.82, 2.24) is 4.57 Å². The molecule has 0 saturated carbocycles. The smallest absolute Gasteiger partial charge is 0.0514 e. The summed E-state index contributed by atoms with van der Waals surface area (Å²) in [5.74, 6) is 1.09. The van der Waals surface area contributed by atoms with Crippen molar-refractivity contribution in [2.75, 3.05) is 6.26 Å². The van der Waals surface area contributed by atoms with E-state index in [-0.39, 0.29) is 0 Å². The van der Waals surface area contributed by atoms with Gasteiger partial charge in [-0.05, 0) is 38.7 Å². The Morgan fingerprint density at radius 2 is 2.06 bits per heavy atom. The largest absolute Gasteiger partial charge is 0.341 e. The first-order valence-electron chi connectivity index (χ1n) is 5.73. The van der Waals surface area contributed by atoms with E-state index in [9.17, 15) is 0 Å². The standard InChI is InChI=1S/C14H19NS/c1-10(2)15-13(9-16-4)8-12-7-5-6-11(3)14(12)15/h5-8,10H,9H2,1-4H3. The lowest BCUT2D eigenvalue weighted by molar-refractivity contribution is 0.605. The Morgan fingerprint density at radius 3 is 2.69 bits per heavy atom. The van der Waals surface area contributed by atoms with Gasteiger partial charge in [-0.1, -0.05) is 18.2 Å². The molecule has 0 aliphatic carbocycles. The third-order valence-corrected chi connectivity index (χ3v) is 3.53. The Hall–Kier alpha value is -0.890. The lowest BCUT2D eigenvalue weighted by atomic mass is 10.1. The van der Waals surface area contributed by atoms with E-state index in [0.29, 0.717) is 6.04 Å². The van der Waals surface area contributed by atoms with Crippen LogP contribution in [0.5, 0.6) is 0 Å². The zero-order valence-corrected chi connectivity index (χ0v) is 11.3. The molecule has 0 unspecified atom stereocenters. The van der Waals surface area contributed by atoms with Gasteiger partial charge in [0, 0.05) is 22.9 Å². The molecule has 0 N–H and O–H groups in total. The Morgan fingerprint density at radius 1 is 1.31 bits per heavy atom. The molecular weight excluding hydrogens is 214 g/mol. The van der Waals surface area contributed by atoms with Crippen molar-refractivity contribution in [3.8, 4) is 0 Å². The highest BCUT2D eigenvalue weighted by Gasteiger charge is 2.12. The lowest BCUT2D eigenvalue weighted by Gasteiger charge is -2.15. The highest BCUT2D eigenvalue weighted by atomic mass is 32.2. The fraction of sp³-hybridized carbons (Fsp3) is 0.429. The average Bonchev–Trinajstić information content (AvgIpc) is 2.58. The van der Waals surface area contributed by atoms with Gasteiger partial charge in [-0.2, -0.15) is 11.8 Å². The summed E-state index contributed by atoms with van der Waals surface area (Å²) in [6.07, 6.45) is 2.16. The molecule has 0 saturated heterocycles. The molecule has 1 aromatic carbocycles. The number of aryl methyl sites for hydroxylation is 1. The molecule has 2 heteroatoms. The Labute approximate surface area is 102 Å². The number of aromatic nitrogens is 1. The van der Waals surface area contributed by atoms with Gasteiger partial charge in [-0.25, -0.2) is 0 Å². The third-order valence-electron chi connectivity index (χ3n) is 2.95. The van der Waals surface area contributed by atoms with Gasteiger partial charge < -0.3 is 4.57 Å². The Bertz CT molecular complexity index is 497. The van der Waals surface area contributed by atoms with Crippen molar-refractivity contribution < 1.29 is 0 Å². The van der Waals surface area contributed by atoms with Crippen molar-refractivity contribution in [3.05, 3.63) is 35.5 Å². The summed E-state index contributed by atoms with van der Waals surface area (Å²) in [7, 11) is 0. The van der Waals surface area contributed by atoms with Crippen LogP contribution in [0.2, 0.25) is 0 Å². The molecule has 0 atom stereocenters. The minimum absolute atomic E-state index is 0.528. The van der Waals surface area contributed by atoms with Crippen molar-refractivity contribution in [2.45, 2.75) is 32.6 Å². The molecule has 0 radical (unpaired) electrons. The molecule has 1 aromatic heterocycles. The first-order valence-corrected chi connectivity index (χ1v) is 7.13. The summed E-state index contributed by atoms with van der Waals surface area (Å²) < 4.78 is 2.47. The van der Waals surface area contributed by atoms with Gasteiger partial charge in [0.05, 0.1) is 5.52 Å². The van der Waals surface area contributed by atoms with Crippen LogP contribution in [0.1, 0.15) is 31.1 Å². The maximum absolute atomic E-state index is 2.47.